The van der Waals surface area contributed by atoms with Crippen LogP contribution in [0.1, 0.15) is 24.6 Å². The van der Waals surface area contributed by atoms with E-state index in [9.17, 15) is 0 Å². The first-order valence-corrected chi connectivity index (χ1v) is 7.97. The van der Waals surface area contributed by atoms with E-state index in [0.29, 0.717) is 16.0 Å². The van der Waals surface area contributed by atoms with Crippen LogP contribution < -0.4 is 0 Å². The van der Waals surface area contributed by atoms with Gasteiger partial charge in [0.05, 0.1) is 11.9 Å². The Balaban J connectivity index is 1.92. The molecule has 0 aliphatic carbocycles. The number of hydrogen-bond donors (Lipinski definition) is 0. The van der Waals surface area contributed by atoms with Crippen molar-refractivity contribution in [3.05, 3.63) is 40.3 Å². The summed E-state index contributed by atoms with van der Waals surface area (Å²) in [5, 5.41) is 1.30. The normalized spacial score (nSPS) is 17.3. The molecule has 0 atom stereocenters. The smallest absolute Gasteiger partial charge is 0.112 e. The molecule has 21 heavy (non-hydrogen) atoms. The van der Waals surface area contributed by atoms with Crippen LogP contribution in [-0.4, -0.2) is 34.6 Å². The van der Waals surface area contributed by atoms with Crippen LogP contribution in [0.5, 0.6) is 0 Å². The molecule has 3 nitrogen and oxygen atoms in total. The third-order valence-electron chi connectivity index (χ3n) is 4.27. The lowest BCUT2D eigenvalue weighted by Gasteiger charge is -2.28. The highest BCUT2D eigenvalue weighted by Gasteiger charge is 2.23. The van der Waals surface area contributed by atoms with Crippen LogP contribution in [0.4, 0.5) is 0 Å². The van der Waals surface area contributed by atoms with Crippen molar-refractivity contribution in [2.45, 2.75) is 18.8 Å². The van der Waals surface area contributed by atoms with Crippen LogP contribution in [-0.2, 0) is 7.05 Å². The maximum Gasteiger partial charge on any atom is 0.112 e. The third-order valence-corrected chi connectivity index (χ3v) is 4.70. The Morgan fingerprint density at radius 1 is 1.05 bits per heavy atom. The molecule has 1 aromatic carbocycles. The van der Waals surface area contributed by atoms with E-state index in [1.165, 1.54) is 0 Å². The first kappa shape index (κ1) is 14.9. The zero-order chi connectivity index (χ0) is 15.0. The molecule has 0 saturated carbocycles. The van der Waals surface area contributed by atoms with E-state index in [2.05, 4.69) is 28.5 Å². The van der Waals surface area contributed by atoms with Gasteiger partial charge < -0.3 is 9.47 Å². The molecule has 0 N–H and O–H groups in total. The molecule has 2 heterocycles. The Bertz CT molecular complexity index is 623. The van der Waals surface area contributed by atoms with Gasteiger partial charge in [-0.1, -0.05) is 23.2 Å². The van der Waals surface area contributed by atoms with Crippen LogP contribution in [0, 0.1) is 0 Å². The second kappa shape index (κ2) is 5.99. The highest BCUT2D eigenvalue weighted by Crippen LogP contribution is 2.31. The van der Waals surface area contributed by atoms with Gasteiger partial charge in [0.2, 0.25) is 0 Å². The Labute approximate surface area is 135 Å². The fourth-order valence-electron chi connectivity index (χ4n) is 3.04. The minimum absolute atomic E-state index is 0.537. The van der Waals surface area contributed by atoms with Gasteiger partial charge in [0.25, 0.3) is 0 Å². The number of rotatable bonds is 2. The minimum Gasteiger partial charge on any atom is -0.331 e. The van der Waals surface area contributed by atoms with E-state index in [0.717, 1.165) is 43.0 Å². The zero-order valence-corrected chi connectivity index (χ0v) is 13.8. The van der Waals surface area contributed by atoms with Crippen molar-refractivity contribution < 1.29 is 0 Å². The summed E-state index contributed by atoms with van der Waals surface area (Å²) in [5.74, 6) is 1.70. The fourth-order valence-corrected chi connectivity index (χ4v) is 3.57. The van der Waals surface area contributed by atoms with Gasteiger partial charge in [0.15, 0.2) is 0 Å². The van der Waals surface area contributed by atoms with E-state index in [-0.39, 0.29) is 0 Å². The molecule has 0 radical (unpaired) electrons. The number of nitrogens with zero attached hydrogens (tertiary/aromatic N) is 3. The van der Waals surface area contributed by atoms with Crippen LogP contribution in [0.2, 0.25) is 10.0 Å². The Kier molecular flexibility index (Phi) is 4.25. The molecule has 0 unspecified atom stereocenters. The molecule has 112 valence electrons. The van der Waals surface area contributed by atoms with E-state index < -0.39 is 0 Å². The summed E-state index contributed by atoms with van der Waals surface area (Å²) in [6, 6.07) is 5.62. The molecule has 0 amide bonds. The average Bonchev–Trinajstić information content (AvgIpc) is 2.80. The Hall–Kier alpha value is -1.03. The molecule has 1 aliphatic heterocycles. The van der Waals surface area contributed by atoms with E-state index in [1.54, 1.807) is 6.07 Å². The monoisotopic (exact) mass is 323 g/mol. The second-order valence-electron chi connectivity index (χ2n) is 5.80. The van der Waals surface area contributed by atoms with E-state index in [1.807, 2.05) is 18.3 Å². The number of hydrogen-bond acceptors (Lipinski definition) is 2. The van der Waals surface area contributed by atoms with Crippen LogP contribution in [0.3, 0.4) is 0 Å². The number of likely N-dealkylation sites (tertiary alicyclic amines) is 1. The first-order chi connectivity index (χ1) is 10.0. The summed E-state index contributed by atoms with van der Waals surface area (Å²) in [7, 11) is 4.25. The van der Waals surface area contributed by atoms with Gasteiger partial charge in [0, 0.05) is 28.6 Å². The van der Waals surface area contributed by atoms with Crippen LogP contribution in [0.25, 0.3) is 11.3 Å². The van der Waals surface area contributed by atoms with Gasteiger partial charge in [-0.15, -0.1) is 0 Å². The predicted molar refractivity (Wildman–Crippen MR) is 88.1 cm³/mol. The van der Waals surface area contributed by atoms with Gasteiger partial charge >= 0.3 is 0 Å². The Morgan fingerprint density at radius 3 is 2.29 bits per heavy atom. The maximum absolute atomic E-state index is 6.10. The summed E-state index contributed by atoms with van der Waals surface area (Å²) in [6.45, 7) is 2.27. The number of benzene rings is 1. The quantitative estimate of drug-likeness (QED) is 0.825. The molecule has 2 aromatic rings. The van der Waals surface area contributed by atoms with Crippen molar-refractivity contribution in [3.63, 3.8) is 0 Å². The van der Waals surface area contributed by atoms with Gasteiger partial charge in [-0.25, -0.2) is 4.98 Å². The zero-order valence-electron chi connectivity index (χ0n) is 12.3. The topological polar surface area (TPSA) is 21.1 Å². The van der Waals surface area contributed by atoms with Crippen LogP contribution >= 0.6 is 23.2 Å². The van der Waals surface area contributed by atoms with Gasteiger partial charge in [-0.2, -0.15) is 0 Å². The maximum atomic E-state index is 6.10. The highest BCUT2D eigenvalue weighted by atomic mass is 35.5. The molecular formula is C16H19Cl2N3. The number of halogens is 2. The first-order valence-electron chi connectivity index (χ1n) is 7.21. The molecular weight excluding hydrogens is 305 g/mol. The molecule has 1 saturated heterocycles. The lowest BCUT2D eigenvalue weighted by atomic mass is 9.96. The van der Waals surface area contributed by atoms with Gasteiger partial charge in [-0.05, 0) is 51.2 Å². The van der Waals surface area contributed by atoms with Gasteiger partial charge in [0.1, 0.15) is 5.82 Å². The van der Waals surface area contributed by atoms with E-state index >= 15 is 0 Å². The summed E-state index contributed by atoms with van der Waals surface area (Å²) in [5.41, 5.74) is 2.08. The molecule has 0 bridgehead atoms. The minimum atomic E-state index is 0.537. The average molecular weight is 324 g/mol. The SMILES string of the molecule is CN1CCC(c2ncc(-c3cc(Cl)cc(Cl)c3)n2C)CC1. The van der Waals surface area contributed by atoms with E-state index in [4.69, 9.17) is 23.2 Å². The summed E-state index contributed by atoms with van der Waals surface area (Å²) in [4.78, 5) is 7.03. The van der Waals surface area contributed by atoms with Crippen molar-refractivity contribution >= 4 is 23.2 Å². The molecule has 5 heteroatoms. The van der Waals surface area contributed by atoms with Gasteiger partial charge in [-0.3, -0.25) is 0 Å². The molecule has 1 aromatic heterocycles. The molecule has 1 fully saturated rings. The van der Waals surface area contributed by atoms with Crippen molar-refractivity contribution in [3.8, 4) is 11.3 Å². The number of imidazole rings is 1. The van der Waals surface area contributed by atoms with Crippen molar-refractivity contribution in [2.24, 2.45) is 7.05 Å². The van der Waals surface area contributed by atoms with Crippen molar-refractivity contribution in [2.75, 3.05) is 20.1 Å². The largest absolute Gasteiger partial charge is 0.331 e. The summed E-state index contributed by atoms with van der Waals surface area (Å²) in [6.07, 6.45) is 4.25. The standard InChI is InChI=1S/C16H19Cl2N3/c1-20-5-3-11(4-6-20)16-19-10-15(21(16)2)12-7-13(17)9-14(18)8-12/h7-11H,3-6H2,1-2H3. The van der Waals surface area contributed by atoms with Crippen molar-refractivity contribution in [1.29, 1.82) is 0 Å². The fraction of sp³-hybridized carbons (Fsp3) is 0.438. The predicted octanol–water partition coefficient (Wildman–Crippen LogP) is 4.20. The number of piperidine rings is 1. The summed E-state index contributed by atoms with van der Waals surface area (Å²) < 4.78 is 2.18. The number of aromatic nitrogens is 2. The second-order valence-corrected chi connectivity index (χ2v) is 6.67. The third kappa shape index (κ3) is 3.10. The summed E-state index contributed by atoms with van der Waals surface area (Å²) >= 11 is 12.2. The van der Waals surface area contributed by atoms with Crippen LogP contribution in [0.15, 0.2) is 24.4 Å². The van der Waals surface area contributed by atoms with Crippen molar-refractivity contribution in [1.82, 2.24) is 14.5 Å². The lowest BCUT2D eigenvalue weighted by molar-refractivity contribution is 0.249. The lowest BCUT2D eigenvalue weighted by Crippen LogP contribution is -2.30. The molecule has 1 aliphatic rings. The molecule has 0 spiro atoms. The Morgan fingerprint density at radius 2 is 1.67 bits per heavy atom. The highest BCUT2D eigenvalue weighted by molar-refractivity contribution is 6.35. The molecule has 3 rings (SSSR count).